The molecule has 0 spiro atoms. The molecule has 10 heteroatoms. The van der Waals surface area contributed by atoms with Crippen molar-refractivity contribution < 1.29 is 29.0 Å². The van der Waals surface area contributed by atoms with Crippen molar-refractivity contribution in [3.05, 3.63) is 108 Å². The second kappa shape index (κ2) is 14.2. The topological polar surface area (TPSA) is 145 Å². The van der Waals surface area contributed by atoms with E-state index >= 15 is 0 Å². The van der Waals surface area contributed by atoms with Crippen molar-refractivity contribution in [3.63, 3.8) is 0 Å². The lowest BCUT2D eigenvalue weighted by atomic mass is 9.80. The summed E-state index contributed by atoms with van der Waals surface area (Å²) in [7, 11) is 0. The van der Waals surface area contributed by atoms with Crippen molar-refractivity contribution >= 4 is 40.0 Å². The van der Waals surface area contributed by atoms with Gasteiger partial charge in [-0.1, -0.05) is 42.5 Å². The van der Waals surface area contributed by atoms with E-state index in [1.165, 1.54) is 6.92 Å². The first kappa shape index (κ1) is 31.5. The molecule has 5 N–H and O–H groups in total. The molecule has 10 nitrogen and oxygen atoms in total. The highest BCUT2D eigenvalue weighted by Gasteiger charge is 2.39. The van der Waals surface area contributed by atoms with Gasteiger partial charge in [0.05, 0.1) is 16.9 Å². The number of nitrogens with one attached hydrogen (secondary N) is 2. The molecule has 0 saturated heterocycles. The van der Waals surface area contributed by atoms with Crippen LogP contribution in [0.3, 0.4) is 0 Å². The van der Waals surface area contributed by atoms with Crippen molar-refractivity contribution in [2.24, 2.45) is 5.92 Å². The van der Waals surface area contributed by atoms with Crippen LogP contribution in [0.5, 0.6) is 0 Å². The van der Waals surface area contributed by atoms with E-state index in [2.05, 4.69) is 10.6 Å². The normalized spacial score (nSPS) is 17.8. The van der Waals surface area contributed by atoms with Gasteiger partial charge in [0.1, 0.15) is 0 Å². The number of nitrogens with zero attached hydrogens (tertiary/aromatic N) is 1. The van der Waals surface area contributed by atoms with Crippen LogP contribution in [0.2, 0.25) is 0 Å². The SMILES string of the molecule is CCO[C@H]1OC(C(=O)NCc2ccc(C(=O)Nc3ccccc3N)cc2)=C[C@@H](c2cn(C(C)=O)c3ccccc23)[C@H]1CCCO. The molecule has 0 bridgehead atoms. The lowest BCUT2D eigenvalue weighted by molar-refractivity contribution is -0.166. The quantitative estimate of drug-likeness (QED) is 0.171. The van der Waals surface area contributed by atoms with Gasteiger partial charge in [-0.05, 0) is 67.3 Å². The number of nitrogen functional groups attached to an aromatic ring is 1. The standard InChI is InChI=1S/C35H38N4O6/c1-3-44-35-26(10-8-18-40)27(28-21-39(22(2)41)31-13-7-4-9-25(28)31)19-32(45-35)34(43)37-20-23-14-16-24(17-15-23)33(42)38-30-12-6-5-11-29(30)36/h4-7,9,11-17,19,21,26-27,35,40H,3,8,10,18,20,36H2,1-2H3,(H,37,43)(H,38,42)/t26-,27-,35+/m1/s1. The number of nitrogens with two attached hydrogens (primary N) is 1. The van der Waals surface area contributed by atoms with Crippen LogP contribution in [0.4, 0.5) is 11.4 Å². The summed E-state index contributed by atoms with van der Waals surface area (Å²) in [5.74, 6) is -1.22. The van der Waals surface area contributed by atoms with Gasteiger partial charge in [0.25, 0.3) is 11.8 Å². The number of allylic oxidation sites excluding steroid dienone is 1. The summed E-state index contributed by atoms with van der Waals surface area (Å²) < 4.78 is 13.7. The molecule has 234 valence electrons. The van der Waals surface area contributed by atoms with Gasteiger partial charge in [-0.3, -0.25) is 19.0 Å². The predicted molar refractivity (Wildman–Crippen MR) is 172 cm³/mol. The number of amides is 2. The van der Waals surface area contributed by atoms with E-state index in [9.17, 15) is 19.5 Å². The van der Waals surface area contributed by atoms with Crippen molar-refractivity contribution in [2.75, 3.05) is 24.3 Å². The number of aromatic nitrogens is 1. The van der Waals surface area contributed by atoms with Crippen molar-refractivity contribution in [1.29, 1.82) is 0 Å². The third-order valence-electron chi connectivity index (χ3n) is 7.95. The van der Waals surface area contributed by atoms with Crippen LogP contribution >= 0.6 is 0 Å². The number of aliphatic hydroxyl groups is 1. The molecule has 3 aromatic carbocycles. The third kappa shape index (κ3) is 7.08. The van der Waals surface area contributed by atoms with E-state index in [0.29, 0.717) is 36.4 Å². The smallest absolute Gasteiger partial charge is 0.286 e. The van der Waals surface area contributed by atoms with Crippen LogP contribution < -0.4 is 16.4 Å². The molecule has 1 aromatic heterocycles. The average Bonchev–Trinajstić information content (AvgIpc) is 3.44. The van der Waals surface area contributed by atoms with Crippen LogP contribution in [0.1, 0.15) is 58.9 Å². The molecule has 1 aliphatic rings. The average molecular weight is 611 g/mol. The monoisotopic (exact) mass is 610 g/mol. The second-order valence-corrected chi connectivity index (χ2v) is 10.9. The maximum atomic E-state index is 13.5. The zero-order chi connectivity index (χ0) is 31.9. The number of carbonyl (C=O) groups is 3. The molecule has 45 heavy (non-hydrogen) atoms. The molecule has 0 saturated carbocycles. The molecule has 0 radical (unpaired) electrons. The van der Waals surface area contributed by atoms with Gasteiger partial charge < -0.3 is 30.9 Å². The van der Waals surface area contributed by atoms with Gasteiger partial charge in [0.2, 0.25) is 12.2 Å². The van der Waals surface area contributed by atoms with Crippen LogP contribution in [-0.4, -0.2) is 46.9 Å². The van der Waals surface area contributed by atoms with Gasteiger partial charge in [-0.15, -0.1) is 0 Å². The highest BCUT2D eigenvalue weighted by Crippen LogP contribution is 2.42. The Balaban J connectivity index is 1.36. The van der Waals surface area contributed by atoms with Crippen molar-refractivity contribution in [3.8, 4) is 0 Å². The number of benzene rings is 3. The number of hydrogen-bond donors (Lipinski definition) is 4. The highest BCUT2D eigenvalue weighted by atomic mass is 16.7. The minimum atomic E-state index is -0.729. The van der Waals surface area contributed by atoms with Gasteiger partial charge >= 0.3 is 0 Å². The summed E-state index contributed by atoms with van der Waals surface area (Å²) in [6, 6.07) is 21.6. The number of para-hydroxylation sites is 3. The number of ether oxygens (including phenoxy) is 2. The first-order valence-electron chi connectivity index (χ1n) is 15.1. The van der Waals surface area contributed by atoms with E-state index in [4.69, 9.17) is 15.2 Å². The Kier molecular flexibility index (Phi) is 9.96. The number of rotatable bonds is 11. The molecule has 5 rings (SSSR count). The summed E-state index contributed by atoms with van der Waals surface area (Å²) in [6.45, 7) is 3.96. The molecule has 3 atom stereocenters. The van der Waals surface area contributed by atoms with Gasteiger partial charge in [0, 0.05) is 55.7 Å². The number of carbonyl (C=O) groups excluding carboxylic acids is 3. The Morgan fingerprint density at radius 1 is 1.00 bits per heavy atom. The largest absolute Gasteiger partial charge is 0.459 e. The maximum absolute atomic E-state index is 13.5. The molecular weight excluding hydrogens is 572 g/mol. The van der Waals surface area contributed by atoms with Crippen molar-refractivity contribution in [1.82, 2.24) is 9.88 Å². The summed E-state index contributed by atoms with van der Waals surface area (Å²) in [6.07, 6.45) is 4.01. The number of fused-ring (bicyclic) bond motifs is 1. The molecule has 0 aliphatic carbocycles. The zero-order valence-corrected chi connectivity index (χ0v) is 25.4. The van der Waals surface area contributed by atoms with E-state index in [1.807, 2.05) is 37.4 Å². The van der Waals surface area contributed by atoms with E-state index in [1.54, 1.807) is 59.2 Å². The summed E-state index contributed by atoms with van der Waals surface area (Å²) >= 11 is 0. The van der Waals surface area contributed by atoms with E-state index < -0.39 is 12.2 Å². The Bertz CT molecular complexity index is 1710. The molecule has 4 aromatic rings. The zero-order valence-electron chi connectivity index (χ0n) is 25.4. The Labute approximate surface area is 261 Å². The highest BCUT2D eigenvalue weighted by molar-refractivity contribution is 6.05. The first-order chi connectivity index (χ1) is 21.8. The van der Waals surface area contributed by atoms with Crippen LogP contribution in [0, 0.1) is 5.92 Å². The molecule has 0 fully saturated rings. The molecule has 2 amide bonds. The summed E-state index contributed by atoms with van der Waals surface area (Å²) in [4.78, 5) is 38.7. The molecular formula is C35H38N4O6. The Morgan fingerprint density at radius 2 is 1.73 bits per heavy atom. The first-order valence-corrected chi connectivity index (χ1v) is 15.1. The minimum Gasteiger partial charge on any atom is -0.459 e. The maximum Gasteiger partial charge on any atom is 0.286 e. The fourth-order valence-corrected chi connectivity index (χ4v) is 5.70. The third-order valence-corrected chi connectivity index (χ3v) is 7.95. The fraction of sp³-hybridized carbons (Fsp3) is 0.286. The van der Waals surface area contributed by atoms with E-state index in [-0.39, 0.29) is 42.6 Å². The van der Waals surface area contributed by atoms with Gasteiger partial charge in [-0.2, -0.15) is 0 Å². The molecule has 1 aliphatic heterocycles. The molecule has 2 heterocycles. The van der Waals surface area contributed by atoms with Crippen LogP contribution in [-0.2, 0) is 20.8 Å². The second-order valence-electron chi connectivity index (χ2n) is 10.9. The fourth-order valence-electron chi connectivity index (χ4n) is 5.70. The lowest BCUT2D eigenvalue weighted by Crippen LogP contribution is -2.39. The van der Waals surface area contributed by atoms with E-state index in [0.717, 1.165) is 22.0 Å². The van der Waals surface area contributed by atoms with Gasteiger partial charge in [-0.25, -0.2) is 0 Å². The Hall–Kier alpha value is -4.93. The predicted octanol–water partition coefficient (Wildman–Crippen LogP) is 5.20. The lowest BCUT2D eigenvalue weighted by Gasteiger charge is -2.36. The number of anilines is 2. The number of aliphatic hydroxyl groups excluding tert-OH is 1. The Morgan fingerprint density at radius 3 is 2.44 bits per heavy atom. The molecule has 0 unspecified atom stereocenters. The van der Waals surface area contributed by atoms with Gasteiger partial charge in [0.15, 0.2) is 5.76 Å². The van der Waals surface area contributed by atoms with Crippen LogP contribution in [0.15, 0.2) is 90.8 Å². The number of hydrogen-bond acceptors (Lipinski definition) is 7. The summed E-state index contributed by atoms with van der Waals surface area (Å²) in [5, 5.41) is 16.2. The minimum absolute atomic E-state index is 0.00902. The summed E-state index contributed by atoms with van der Waals surface area (Å²) in [5.41, 5.74) is 9.85. The van der Waals surface area contributed by atoms with Crippen LogP contribution in [0.25, 0.3) is 10.9 Å². The van der Waals surface area contributed by atoms with Crippen molar-refractivity contribution in [2.45, 2.75) is 45.4 Å².